The van der Waals surface area contributed by atoms with Crippen molar-refractivity contribution < 1.29 is 18.3 Å². The van der Waals surface area contributed by atoms with Gasteiger partial charge in [0.05, 0.1) is 12.6 Å². The highest BCUT2D eigenvalue weighted by molar-refractivity contribution is 5.82. The highest BCUT2D eigenvalue weighted by atomic mass is 19.1. The molecule has 1 aliphatic heterocycles. The average molecular weight is 403 g/mol. The van der Waals surface area contributed by atoms with Crippen molar-refractivity contribution in [3.05, 3.63) is 71.3 Å². The van der Waals surface area contributed by atoms with Gasteiger partial charge in [-0.2, -0.15) is 0 Å². The van der Waals surface area contributed by atoms with Crippen LogP contribution in [0.25, 0.3) is 0 Å². The zero-order chi connectivity index (χ0) is 20.6. The van der Waals surface area contributed by atoms with Crippen molar-refractivity contribution in [3.8, 4) is 0 Å². The standard InChI is InChI=1S/C22H27F2N3O2/c1-29-10-9-25-22(28)21-12-19(15-27(21)14-16-5-3-2-4-6-16)26-13-17-11-18(23)7-8-20(17)24/h2-8,11,19,21,26H,9-10,12-15H2,1H3,(H,25,28)/t19-,21+/m1/s1. The van der Waals surface area contributed by atoms with Gasteiger partial charge in [0.1, 0.15) is 11.6 Å². The molecule has 0 unspecified atom stereocenters. The van der Waals surface area contributed by atoms with E-state index in [1.807, 2.05) is 30.3 Å². The normalized spacial score (nSPS) is 19.4. The zero-order valence-electron chi connectivity index (χ0n) is 16.5. The number of hydrogen-bond acceptors (Lipinski definition) is 4. The van der Waals surface area contributed by atoms with E-state index in [4.69, 9.17) is 4.74 Å². The van der Waals surface area contributed by atoms with Gasteiger partial charge in [-0.25, -0.2) is 8.78 Å². The summed E-state index contributed by atoms with van der Waals surface area (Å²) in [6, 6.07) is 13.1. The molecule has 0 aromatic heterocycles. The quantitative estimate of drug-likeness (QED) is 0.632. The van der Waals surface area contributed by atoms with Gasteiger partial charge in [-0.1, -0.05) is 30.3 Å². The number of carbonyl (C=O) groups is 1. The molecule has 0 radical (unpaired) electrons. The van der Waals surface area contributed by atoms with Crippen LogP contribution in [0, 0.1) is 11.6 Å². The molecule has 0 bridgehead atoms. The van der Waals surface area contributed by atoms with Crippen LogP contribution in [0.1, 0.15) is 17.5 Å². The van der Waals surface area contributed by atoms with Gasteiger partial charge in [0.15, 0.2) is 0 Å². The largest absolute Gasteiger partial charge is 0.383 e. The first-order valence-electron chi connectivity index (χ1n) is 9.78. The minimum Gasteiger partial charge on any atom is -0.383 e. The Bertz CT molecular complexity index is 804. The first kappa shape index (κ1) is 21.4. The third-order valence-corrected chi connectivity index (χ3v) is 5.13. The number of methoxy groups -OCH3 is 1. The van der Waals surface area contributed by atoms with E-state index >= 15 is 0 Å². The fourth-order valence-electron chi connectivity index (χ4n) is 3.64. The molecule has 7 heteroatoms. The molecule has 2 N–H and O–H groups in total. The van der Waals surface area contributed by atoms with Crippen molar-refractivity contribution in [2.45, 2.75) is 31.6 Å². The lowest BCUT2D eigenvalue weighted by Crippen LogP contribution is -2.43. The molecular weight excluding hydrogens is 376 g/mol. The van der Waals surface area contributed by atoms with Crippen LogP contribution in [-0.2, 0) is 22.6 Å². The molecule has 1 amide bonds. The fourth-order valence-corrected chi connectivity index (χ4v) is 3.64. The molecule has 0 saturated carbocycles. The van der Waals surface area contributed by atoms with Gasteiger partial charge in [-0.3, -0.25) is 9.69 Å². The van der Waals surface area contributed by atoms with Crippen LogP contribution in [-0.4, -0.2) is 49.7 Å². The number of rotatable bonds is 9. The third kappa shape index (κ3) is 6.06. The van der Waals surface area contributed by atoms with Crippen LogP contribution >= 0.6 is 0 Å². The minimum atomic E-state index is -0.462. The lowest BCUT2D eigenvalue weighted by Gasteiger charge is -2.23. The van der Waals surface area contributed by atoms with E-state index in [1.54, 1.807) is 7.11 Å². The van der Waals surface area contributed by atoms with Crippen LogP contribution in [0.2, 0.25) is 0 Å². The Morgan fingerprint density at radius 3 is 2.76 bits per heavy atom. The van der Waals surface area contributed by atoms with Crippen molar-refractivity contribution in [1.29, 1.82) is 0 Å². The summed E-state index contributed by atoms with van der Waals surface area (Å²) in [6.45, 7) is 2.42. The topological polar surface area (TPSA) is 53.6 Å². The van der Waals surface area contributed by atoms with Crippen molar-refractivity contribution in [3.63, 3.8) is 0 Å². The van der Waals surface area contributed by atoms with Crippen LogP contribution in [0.15, 0.2) is 48.5 Å². The fraction of sp³-hybridized carbons (Fsp3) is 0.409. The second-order valence-electron chi connectivity index (χ2n) is 7.26. The number of ether oxygens (including phenoxy) is 1. The van der Waals surface area contributed by atoms with E-state index in [-0.39, 0.29) is 30.1 Å². The number of amides is 1. The molecule has 2 aromatic rings. The number of benzene rings is 2. The first-order valence-corrected chi connectivity index (χ1v) is 9.78. The molecule has 0 spiro atoms. The maximum absolute atomic E-state index is 13.9. The van der Waals surface area contributed by atoms with Gasteiger partial charge in [-0.15, -0.1) is 0 Å². The summed E-state index contributed by atoms with van der Waals surface area (Å²) in [6.07, 6.45) is 0.600. The van der Waals surface area contributed by atoms with Gasteiger partial charge in [0, 0.05) is 44.9 Å². The molecule has 2 atom stereocenters. The summed E-state index contributed by atoms with van der Waals surface area (Å²) in [7, 11) is 1.59. The second-order valence-corrected chi connectivity index (χ2v) is 7.26. The molecular formula is C22H27F2N3O2. The molecule has 1 fully saturated rings. The van der Waals surface area contributed by atoms with E-state index in [2.05, 4.69) is 15.5 Å². The monoisotopic (exact) mass is 403 g/mol. The summed E-state index contributed by atoms with van der Waals surface area (Å²) >= 11 is 0. The summed E-state index contributed by atoms with van der Waals surface area (Å²) in [5.41, 5.74) is 1.41. The van der Waals surface area contributed by atoms with Gasteiger partial charge in [0.25, 0.3) is 0 Å². The highest BCUT2D eigenvalue weighted by Gasteiger charge is 2.36. The van der Waals surface area contributed by atoms with Crippen LogP contribution in [0.4, 0.5) is 8.78 Å². The Hall–Kier alpha value is -2.35. The zero-order valence-corrected chi connectivity index (χ0v) is 16.5. The lowest BCUT2D eigenvalue weighted by molar-refractivity contribution is -0.125. The van der Waals surface area contributed by atoms with Gasteiger partial charge in [-0.05, 0) is 30.2 Å². The Balaban J connectivity index is 1.64. The summed E-state index contributed by atoms with van der Waals surface area (Å²) < 4.78 is 32.3. The van der Waals surface area contributed by atoms with E-state index in [1.165, 1.54) is 6.07 Å². The van der Waals surface area contributed by atoms with Gasteiger partial charge >= 0.3 is 0 Å². The number of carbonyl (C=O) groups excluding carboxylic acids is 1. The molecule has 2 aromatic carbocycles. The molecule has 1 aliphatic rings. The SMILES string of the molecule is COCCNC(=O)[C@@H]1C[C@@H](NCc2cc(F)ccc2F)CN1Cc1ccccc1. The summed E-state index contributed by atoms with van der Waals surface area (Å²) in [5, 5.41) is 6.19. The summed E-state index contributed by atoms with van der Waals surface area (Å²) in [4.78, 5) is 14.8. The Morgan fingerprint density at radius 2 is 2.00 bits per heavy atom. The predicted octanol–water partition coefficient (Wildman–Crippen LogP) is 2.46. The first-order chi connectivity index (χ1) is 14.1. The van der Waals surface area contributed by atoms with E-state index in [0.29, 0.717) is 32.7 Å². The van der Waals surface area contributed by atoms with Crippen molar-refractivity contribution in [2.75, 3.05) is 26.8 Å². The van der Waals surface area contributed by atoms with Crippen molar-refractivity contribution in [1.82, 2.24) is 15.5 Å². The molecule has 5 nitrogen and oxygen atoms in total. The predicted molar refractivity (Wildman–Crippen MR) is 107 cm³/mol. The number of halogens is 2. The number of nitrogens with one attached hydrogen (secondary N) is 2. The Labute approximate surface area is 170 Å². The summed E-state index contributed by atoms with van der Waals surface area (Å²) in [5.74, 6) is -0.943. The molecule has 1 heterocycles. The second kappa shape index (κ2) is 10.4. The highest BCUT2D eigenvalue weighted by Crippen LogP contribution is 2.22. The molecule has 3 rings (SSSR count). The van der Waals surface area contributed by atoms with Crippen molar-refractivity contribution in [2.24, 2.45) is 0 Å². The van der Waals surface area contributed by atoms with Crippen molar-refractivity contribution >= 4 is 5.91 Å². The maximum atomic E-state index is 13.9. The maximum Gasteiger partial charge on any atom is 0.237 e. The van der Waals surface area contributed by atoms with E-state index < -0.39 is 11.6 Å². The number of nitrogens with zero attached hydrogens (tertiary/aromatic N) is 1. The average Bonchev–Trinajstić information content (AvgIpc) is 3.12. The number of likely N-dealkylation sites (tertiary alicyclic amines) is 1. The van der Waals surface area contributed by atoms with Gasteiger partial charge in [0.2, 0.25) is 5.91 Å². The smallest absolute Gasteiger partial charge is 0.237 e. The third-order valence-electron chi connectivity index (χ3n) is 5.13. The molecule has 156 valence electrons. The van der Waals surface area contributed by atoms with Crippen LogP contribution in [0.3, 0.4) is 0 Å². The van der Waals surface area contributed by atoms with E-state index in [0.717, 1.165) is 17.7 Å². The minimum absolute atomic E-state index is 0.000412. The van der Waals surface area contributed by atoms with E-state index in [9.17, 15) is 13.6 Å². The molecule has 1 saturated heterocycles. The Kier molecular flexibility index (Phi) is 7.69. The number of hydrogen-bond donors (Lipinski definition) is 2. The Morgan fingerprint density at radius 1 is 1.21 bits per heavy atom. The molecule has 29 heavy (non-hydrogen) atoms. The van der Waals surface area contributed by atoms with Crippen LogP contribution in [0.5, 0.6) is 0 Å². The lowest BCUT2D eigenvalue weighted by atomic mass is 10.1. The van der Waals surface area contributed by atoms with Crippen LogP contribution < -0.4 is 10.6 Å². The van der Waals surface area contributed by atoms with Gasteiger partial charge < -0.3 is 15.4 Å². The molecule has 0 aliphatic carbocycles.